The molecule has 10 heteroatoms. The van der Waals surface area contributed by atoms with Crippen LogP contribution in [0.1, 0.15) is 11.1 Å². The summed E-state index contributed by atoms with van der Waals surface area (Å²) in [4.78, 5) is 12.8. The summed E-state index contributed by atoms with van der Waals surface area (Å²) in [6, 6.07) is 18.7. The highest BCUT2D eigenvalue weighted by Crippen LogP contribution is 2.30. The second kappa shape index (κ2) is 12.3. The fraction of sp³-hybridized carbons (Fsp3) is 0.240. The van der Waals surface area contributed by atoms with Gasteiger partial charge in [-0.15, -0.1) is 0 Å². The number of carbonyl (C=O) groups is 1. The van der Waals surface area contributed by atoms with E-state index in [1.165, 1.54) is 32.4 Å². The maximum atomic E-state index is 13.5. The van der Waals surface area contributed by atoms with E-state index in [2.05, 4.69) is 5.32 Å². The van der Waals surface area contributed by atoms with Gasteiger partial charge >= 0.3 is 0 Å². The number of methoxy groups -OCH3 is 2. The van der Waals surface area contributed by atoms with Crippen molar-refractivity contribution >= 4 is 39.1 Å². The van der Waals surface area contributed by atoms with E-state index in [1.54, 1.807) is 18.2 Å². The Labute approximate surface area is 215 Å². The van der Waals surface area contributed by atoms with Crippen LogP contribution in [0.4, 0.5) is 0 Å². The first-order valence-corrected chi connectivity index (χ1v) is 12.9. The Morgan fingerprint density at radius 2 is 1.66 bits per heavy atom. The number of halogens is 2. The lowest BCUT2D eigenvalue weighted by Crippen LogP contribution is -2.41. The van der Waals surface area contributed by atoms with Gasteiger partial charge in [0.25, 0.3) is 0 Å². The number of ether oxygens (including phenoxy) is 2. The summed E-state index contributed by atoms with van der Waals surface area (Å²) in [6.45, 7) is -0.123. The molecule has 0 saturated heterocycles. The minimum Gasteiger partial charge on any atom is -0.493 e. The third kappa shape index (κ3) is 7.11. The Morgan fingerprint density at radius 1 is 0.943 bits per heavy atom. The van der Waals surface area contributed by atoms with Crippen LogP contribution >= 0.6 is 23.2 Å². The largest absolute Gasteiger partial charge is 0.493 e. The second-order valence-electron chi connectivity index (χ2n) is 7.60. The summed E-state index contributed by atoms with van der Waals surface area (Å²) in [5, 5.41) is 3.63. The van der Waals surface area contributed by atoms with Crippen molar-refractivity contribution < 1.29 is 22.7 Å². The summed E-state index contributed by atoms with van der Waals surface area (Å²) >= 11 is 12.1. The Kier molecular flexibility index (Phi) is 9.40. The highest BCUT2D eigenvalue weighted by atomic mass is 35.5. The number of rotatable bonds is 11. The molecule has 0 unspecified atom stereocenters. The summed E-state index contributed by atoms with van der Waals surface area (Å²) in [6.07, 6.45) is 0.434. The van der Waals surface area contributed by atoms with Crippen LogP contribution in [0.2, 0.25) is 10.0 Å². The number of carbonyl (C=O) groups excluding carboxylic acids is 1. The van der Waals surface area contributed by atoms with Crippen LogP contribution in [-0.2, 0) is 27.8 Å². The third-order valence-electron chi connectivity index (χ3n) is 5.30. The van der Waals surface area contributed by atoms with E-state index in [0.29, 0.717) is 27.8 Å². The molecule has 3 aromatic rings. The van der Waals surface area contributed by atoms with Crippen molar-refractivity contribution in [1.29, 1.82) is 0 Å². The topological polar surface area (TPSA) is 84.9 Å². The molecule has 0 bridgehead atoms. The first kappa shape index (κ1) is 26.8. The van der Waals surface area contributed by atoms with Gasteiger partial charge in [-0.1, -0.05) is 59.6 Å². The Bertz CT molecular complexity index is 1270. The van der Waals surface area contributed by atoms with Crippen LogP contribution in [0.5, 0.6) is 11.5 Å². The molecule has 0 spiro atoms. The number of nitrogens with one attached hydrogen (secondary N) is 1. The van der Waals surface area contributed by atoms with Crippen molar-refractivity contribution in [1.82, 2.24) is 9.62 Å². The highest BCUT2D eigenvalue weighted by Gasteiger charge is 2.27. The first-order valence-electron chi connectivity index (χ1n) is 10.7. The van der Waals surface area contributed by atoms with E-state index in [9.17, 15) is 13.2 Å². The Hall–Kier alpha value is -2.78. The minimum atomic E-state index is -4.03. The predicted octanol–water partition coefficient (Wildman–Crippen LogP) is 4.56. The molecule has 1 N–H and O–H groups in total. The van der Waals surface area contributed by atoms with Gasteiger partial charge in [0.15, 0.2) is 11.5 Å². The molecule has 0 atom stereocenters. The molecule has 0 fully saturated rings. The standard InChI is InChI=1S/C25H26Cl2N2O5S/c1-33-23-11-10-21(15-24(23)34-2)35(31,32)29(13-12-18-6-4-3-5-7-18)17-25(30)28-16-19-8-9-20(26)14-22(19)27/h3-11,14-15H,12-13,16-17H2,1-2H3,(H,28,30). The van der Waals surface area contributed by atoms with E-state index in [-0.39, 0.29) is 30.3 Å². The number of hydrogen-bond donors (Lipinski definition) is 1. The normalized spacial score (nSPS) is 11.3. The monoisotopic (exact) mass is 536 g/mol. The van der Waals surface area contributed by atoms with Crippen LogP contribution in [-0.4, -0.2) is 45.9 Å². The molecule has 186 valence electrons. The van der Waals surface area contributed by atoms with Crippen molar-refractivity contribution in [2.24, 2.45) is 0 Å². The molecule has 3 aromatic carbocycles. The molecular weight excluding hydrogens is 511 g/mol. The zero-order chi connectivity index (χ0) is 25.4. The van der Waals surface area contributed by atoms with Crippen LogP contribution < -0.4 is 14.8 Å². The average Bonchev–Trinajstić information content (AvgIpc) is 2.86. The molecule has 0 aliphatic carbocycles. The van der Waals surface area contributed by atoms with E-state index >= 15 is 0 Å². The van der Waals surface area contributed by atoms with Crippen molar-refractivity contribution in [2.45, 2.75) is 17.9 Å². The van der Waals surface area contributed by atoms with E-state index in [1.807, 2.05) is 30.3 Å². The Morgan fingerprint density at radius 3 is 2.31 bits per heavy atom. The molecule has 1 amide bonds. The molecular formula is C25H26Cl2N2O5S. The van der Waals surface area contributed by atoms with Crippen molar-refractivity contribution in [2.75, 3.05) is 27.3 Å². The minimum absolute atomic E-state index is 0.00300. The van der Waals surface area contributed by atoms with E-state index in [0.717, 1.165) is 9.87 Å². The zero-order valence-corrected chi connectivity index (χ0v) is 21.7. The van der Waals surface area contributed by atoms with Gasteiger partial charge in [-0.25, -0.2) is 8.42 Å². The number of benzene rings is 3. The molecule has 35 heavy (non-hydrogen) atoms. The number of sulfonamides is 1. The lowest BCUT2D eigenvalue weighted by Gasteiger charge is -2.22. The molecule has 0 heterocycles. The molecule has 0 aliphatic heterocycles. The van der Waals surface area contributed by atoms with Crippen molar-refractivity contribution in [3.8, 4) is 11.5 Å². The molecule has 0 saturated carbocycles. The lowest BCUT2D eigenvalue weighted by molar-refractivity contribution is -0.121. The first-order chi connectivity index (χ1) is 16.7. The van der Waals surface area contributed by atoms with Gasteiger partial charge in [0.05, 0.1) is 25.7 Å². The van der Waals surface area contributed by atoms with Gasteiger partial charge in [0, 0.05) is 29.2 Å². The maximum absolute atomic E-state index is 13.5. The summed E-state index contributed by atoms with van der Waals surface area (Å²) in [5.74, 6) is 0.214. The number of nitrogens with zero attached hydrogens (tertiary/aromatic N) is 1. The molecule has 0 aromatic heterocycles. The second-order valence-corrected chi connectivity index (χ2v) is 10.4. The van der Waals surface area contributed by atoms with Gasteiger partial charge in [0.2, 0.25) is 15.9 Å². The van der Waals surface area contributed by atoms with Gasteiger partial charge < -0.3 is 14.8 Å². The van der Waals surface area contributed by atoms with Crippen molar-refractivity contribution in [3.63, 3.8) is 0 Å². The SMILES string of the molecule is COc1ccc(S(=O)(=O)N(CCc2ccccc2)CC(=O)NCc2ccc(Cl)cc2Cl)cc1OC. The van der Waals surface area contributed by atoms with Crippen LogP contribution in [0, 0.1) is 0 Å². The molecule has 7 nitrogen and oxygen atoms in total. The molecule has 0 radical (unpaired) electrons. The average molecular weight is 537 g/mol. The predicted molar refractivity (Wildman–Crippen MR) is 137 cm³/mol. The fourth-order valence-corrected chi connectivity index (χ4v) is 5.27. The number of amides is 1. The Balaban J connectivity index is 1.81. The van der Waals surface area contributed by atoms with E-state index < -0.39 is 15.9 Å². The third-order valence-corrected chi connectivity index (χ3v) is 7.72. The fourth-order valence-electron chi connectivity index (χ4n) is 3.38. The summed E-state index contributed by atoms with van der Waals surface area (Å²) < 4.78 is 38.7. The van der Waals surface area contributed by atoms with Crippen molar-refractivity contribution in [3.05, 3.63) is 87.9 Å². The smallest absolute Gasteiger partial charge is 0.243 e. The molecule has 3 rings (SSSR count). The van der Waals surface area contributed by atoms with Gasteiger partial charge in [-0.2, -0.15) is 4.31 Å². The van der Waals surface area contributed by atoms with E-state index in [4.69, 9.17) is 32.7 Å². The van der Waals surface area contributed by atoms with Gasteiger partial charge in [-0.3, -0.25) is 4.79 Å². The van der Waals surface area contributed by atoms with Gasteiger partial charge in [-0.05, 0) is 41.8 Å². The van der Waals surface area contributed by atoms with Crippen LogP contribution in [0.3, 0.4) is 0 Å². The quantitative estimate of drug-likeness (QED) is 0.388. The summed E-state index contributed by atoms with van der Waals surface area (Å²) in [5.41, 5.74) is 1.62. The van der Waals surface area contributed by atoms with Crippen LogP contribution in [0.15, 0.2) is 71.6 Å². The highest BCUT2D eigenvalue weighted by molar-refractivity contribution is 7.89. The number of hydrogen-bond acceptors (Lipinski definition) is 5. The molecule has 0 aliphatic rings. The van der Waals surface area contributed by atoms with Gasteiger partial charge in [0.1, 0.15) is 0 Å². The maximum Gasteiger partial charge on any atom is 0.243 e. The summed E-state index contributed by atoms with van der Waals surface area (Å²) in [7, 11) is -1.13. The zero-order valence-electron chi connectivity index (χ0n) is 19.3. The van der Waals surface area contributed by atoms with Crippen LogP contribution in [0.25, 0.3) is 0 Å². The lowest BCUT2D eigenvalue weighted by atomic mass is 10.1.